The number of nitrogens with one attached hydrogen (secondary N) is 1. The van der Waals surface area contributed by atoms with Gasteiger partial charge in [-0.3, -0.25) is 19.1 Å². The van der Waals surface area contributed by atoms with Crippen molar-refractivity contribution >= 4 is 33.7 Å². The van der Waals surface area contributed by atoms with Gasteiger partial charge in [-0.15, -0.1) is 0 Å². The van der Waals surface area contributed by atoms with E-state index >= 15 is 0 Å². The summed E-state index contributed by atoms with van der Waals surface area (Å²) in [6.07, 6.45) is 8.17. The number of carboxylic acid groups (broad SMARTS) is 1. The number of aromatic nitrogens is 3. The number of aliphatic hydroxyl groups is 1. The van der Waals surface area contributed by atoms with Gasteiger partial charge in [0.15, 0.2) is 0 Å². The minimum atomic E-state index is -0.707. The Kier molecular flexibility index (Phi) is 6.58. The lowest BCUT2D eigenvalue weighted by Gasteiger charge is -2.30. The van der Waals surface area contributed by atoms with Gasteiger partial charge in [0.05, 0.1) is 12.0 Å². The zero-order valence-electron chi connectivity index (χ0n) is 21.1. The van der Waals surface area contributed by atoms with Crippen LogP contribution in [-0.4, -0.2) is 61.4 Å². The number of aliphatic hydroxyl groups excluding tert-OH is 1. The number of carbonyl (C=O) groups is 1. The van der Waals surface area contributed by atoms with Crippen molar-refractivity contribution < 1.29 is 15.0 Å². The number of nitrogens with zero attached hydrogens (tertiary/aromatic N) is 4. The predicted molar refractivity (Wildman–Crippen MR) is 142 cm³/mol. The van der Waals surface area contributed by atoms with Crippen molar-refractivity contribution in [2.75, 3.05) is 25.0 Å². The zero-order chi connectivity index (χ0) is 25.5. The summed E-state index contributed by atoms with van der Waals surface area (Å²) >= 11 is 0. The van der Waals surface area contributed by atoms with E-state index in [9.17, 15) is 19.8 Å². The topological polar surface area (TPSA) is 121 Å². The zero-order valence-corrected chi connectivity index (χ0v) is 21.1. The summed E-state index contributed by atoms with van der Waals surface area (Å²) in [7, 11) is 0. The molecule has 2 saturated carbocycles. The monoisotopic (exact) mass is 505 g/mol. The third-order valence-electron chi connectivity index (χ3n) is 8.44. The number of benzene rings is 1. The molecule has 2 aliphatic carbocycles. The molecule has 3 heterocycles. The van der Waals surface area contributed by atoms with Gasteiger partial charge in [-0.05, 0) is 87.4 Å². The Balaban J connectivity index is 1.37. The summed E-state index contributed by atoms with van der Waals surface area (Å²) in [6, 6.07) is 6.06. The summed E-state index contributed by atoms with van der Waals surface area (Å²) in [6.45, 7) is 3.03. The Morgan fingerprint density at radius 3 is 2.46 bits per heavy atom. The van der Waals surface area contributed by atoms with Gasteiger partial charge in [-0.25, -0.2) is 4.98 Å². The van der Waals surface area contributed by atoms with Crippen LogP contribution in [-0.2, 0) is 11.3 Å². The van der Waals surface area contributed by atoms with E-state index < -0.39 is 5.97 Å². The third-order valence-corrected chi connectivity index (χ3v) is 8.44. The molecule has 0 spiro atoms. The molecule has 2 aromatic heterocycles. The van der Waals surface area contributed by atoms with Gasteiger partial charge in [0.1, 0.15) is 5.65 Å². The second-order valence-corrected chi connectivity index (χ2v) is 11.2. The highest BCUT2D eigenvalue weighted by molar-refractivity contribution is 6.04. The second kappa shape index (κ2) is 10.0. The smallest absolute Gasteiger partial charge is 0.306 e. The number of rotatable bonds is 7. The van der Waals surface area contributed by atoms with Crippen LogP contribution >= 0.6 is 0 Å². The van der Waals surface area contributed by atoms with E-state index in [-0.39, 0.29) is 23.6 Å². The normalized spacial score (nSPS) is 23.5. The molecule has 9 nitrogen and oxygen atoms in total. The van der Waals surface area contributed by atoms with Crippen molar-refractivity contribution in [2.45, 2.75) is 70.1 Å². The van der Waals surface area contributed by atoms with Gasteiger partial charge in [-0.2, -0.15) is 4.98 Å². The average Bonchev–Trinajstić information content (AvgIpc) is 3.74. The molecule has 0 amide bonds. The molecule has 3 aromatic rings. The van der Waals surface area contributed by atoms with Crippen LogP contribution in [0.1, 0.15) is 63.0 Å². The minimum absolute atomic E-state index is 0.00677. The summed E-state index contributed by atoms with van der Waals surface area (Å²) in [4.78, 5) is 37.0. The first-order valence-electron chi connectivity index (χ1n) is 13.7. The lowest BCUT2D eigenvalue weighted by atomic mass is 9.92. The van der Waals surface area contributed by atoms with Crippen molar-refractivity contribution in [3.8, 4) is 0 Å². The molecular formula is C28H35N5O4. The lowest BCUT2D eigenvalue weighted by Crippen LogP contribution is -2.35. The van der Waals surface area contributed by atoms with E-state index in [1.165, 1.54) is 12.8 Å². The molecule has 1 aliphatic heterocycles. The second-order valence-electron chi connectivity index (χ2n) is 11.2. The van der Waals surface area contributed by atoms with E-state index in [1.54, 1.807) is 0 Å². The van der Waals surface area contributed by atoms with Gasteiger partial charge in [-0.1, -0.05) is 12.1 Å². The van der Waals surface area contributed by atoms with E-state index in [1.807, 2.05) is 22.9 Å². The minimum Gasteiger partial charge on any atom is -0.481 e. The fourth-order valence-corrected chi connectivity index (χ4v) is 5.97. The molecule has 0 radical (unpaired) electrons. The average molecular weight is 506 g/mol. The molecular weight excluding hydrogens is 470 g/mol. The van der Waals surface area contributed by atoms with Gasteiger partial charge in [0.25, 0.3) is 5.56 Å². The standard InChI is InChI=1S/C28H35N5O4/c34-21-6-4-20(5-7-21)33-25-24(15-30-28(31-25)29-14-17-1-2-17)22-8-3-18(13-23(22)26(33)35)16-32-11-9-19(10-12-32)27(36)37/h3,8,13,15,17,19-21,34H,1-2,4-7,9-12,14,16H2,(H,36,37)(H,29,30,31)/t20-,21-. The summed E-state index contributed by atoms with van der Waals surface area (Å²) in [5.74, 6) is 0.278. The first kappa shape index (κ1) is 24.3. The number of aliphatic carboxylic acids is 1. The maximum Gasteiger partial charge on any atom is 0.306 e. The molecule has 1 aromatic carbocycles. The van der Waals surface area contributed by atoms with Crippen molar-refractivity contribution in [2.24, 2.45) is 11.8 Å². The number of anilines is 1. The van der Waals surface area contributed by atoms with Crippen LogP contribution in [0.25, 0.3) is 21.8 Å². The maximum absolute atomic E-state index is 14.0. The molecule has 1 saturated heterocycles. The van der Waals surface area contributed by atoms with Crippen LogP contribution in [0.3, 0.4) is 0 Å². The van der Waals surface area contributed by atoms with Crippen LogP contribution in [0.15, 0.2) is 29.2 Å². The van der Waals surface area contributed by atoms with Crippen LogP contribution in [0.2, 0.25) is 0 Å². The molecule has 37 heavy (non-hydrogen) atoms. The number of hydrogen-bond acceptors (Lipinski definition) is 7. The molecule has 0 unspecified atom stereocenters. The first-order valence-corrected chi connectivity index (χ1v) is 13.7. The van der Waals surface area contributed by atoms with Crippen LogP contribution in [0, 0.1) is 11.8 Å². The first-order chi connectivity index (χ1) is 18.0. The van der Waals surface area contributed by atoms with Gasteiger partial charge in [0.2, 0.25) is 5.95 Å². The van der Waals surface area contributed by atoms with Gasteiger partial charge >= 0.3 is 5.97 Å². The van der Waals surface area contributed by atoms with Crippen LogP contribution < -0.4 is 10.9 Å². The van der Waals surface area contributed by atoms with Gasteiger partial charge < -0.3 is 15.5 Å². The number of fused-ring (bicyclic) bond motifs is 3. The fourth-order valence-electron chi connectivity index (χ4n) is 5.97. The Morgan fingerprint density at radius 2 is 1.76 bits per heavy atom. The molecule has 6 rings (SSSR count). The maximum atomic E-state index is 14.0. The fraction of sp³-hybridized carbons (Fsp3) is 0.571. The van der Waals surface area contributed by atoms with E-state index in [0.717, 1.165) is 48.8 Å². The van der Waals surface area contributed by atoms with Crippen molar-refractivity contribution in [1.82, 2.24) is 19.4 Å². The Hall–Kier alpha value is -3.04. The van der Waals surface area contributed by atoms with Crippen molar-refractivity contribution in [3.05, 3.63) is 40.3 Å². The third kappa shape index (κ3) is 5.07. The number of likely N-dealkylation sites (tertiary alicyclic amines) is 1. The molecule has 196 valence electrons. The molecule has 3 aliphatic rings. The summed E-state index contributed by atoms with van der Waals surface area (Å²) in [5, 5.41) is 25.1. The molecule has 0 bridgehead atoms. The largest absolute Gasteiger partial charge is 0.481 e. The Bertz CT molecular complexity index is 1370. The number of pyridine rings is 1. The molecule has 3 fully saturated rings. The van der Waals surface area contributed by atoms with E-state index in [4.69, 9.17) is 4.98 Å². The van der Waals surface area contributed by atoms with Crippen LogP contribution in [0.5, 0.6) is 0 Å². The van der Waals surface area contributed by atoms with Crippen molar-refractivity contribution in [1.29, 1.82) is 0 Å². The predicted octanol–water partition coefficient (Wildman–Crippen LogP) is 3.54. The highest BCUT2D eigenvalue weighted by atomic mass is 16.4. The lowest BCUT2D eigenvalue weighted by molar-refractivity contribution is -0.143. The summed E-state index contributed by atoms with van der Waals surface area (Å²) < 4.78 is 1.86. The molecule has 3 N–H and O–H groups in total. The van der Waals surface area contributed by atoms with Gasteiger partial charge in [0, 0.05) is 36.1 Å². The van der Waals surface area contributed by atoms with Crippen molar-refractivity contribution in [3.63, 3.8) is 0 Å². The van der Waals surface area contributed by atoms with Crippen LogP contribution in [0.4, 0.5) is 5.95 Å². The molecule has 9 heteroatoms. The Labute approximate surface area is 215 Å². The Morgan fingerprint density at radius 1 is 1.00 bits per heavy atom. The van der Waals surface area contributed by atoms with E-state index in [2.05, 4.69) is 21.3 Å². The summed E-state index contributed by atoms with van der Waals surface area (Å²) in [5.41, 5.74) is 1.67. The highest BCUT2D eigenvalue weighted by Crippen LogP contribution is 2.33. The SMILES string of the molecule is O=C(O)C1CCN(Cc2ccc3c(c2)c(=O)n([C@H]2CC[C@H](O)CC2)c2nc(NCC4CC4)ncc32)CC1. The quantitative estimate of drug-likeness (QED) is 0.417. The number of piperidine rings is 1. The number of hydrogen-bond donors (Lipinski definition) is 3. The molecule has 0 atom stereocenters. The number of carboxylic acids is 1. The highest BCUT2D eigenvalue weighted by Gasteiger charge is 2.27. The van der Waals surface area contributed by atoms with E-state index in [0.29, 0.717) is 55.1 Å².